The zero-order valence-electron chi connectivity index (χ0n) is 3.73. The largest absolute Gasteiger partial charge is 0.345 e. The van der Waals surface area contributed by atoms with E-state index in [1.807, 2.05) is 0 Å². The van der Waals surface area contributed by atoms with Gasteiger partial charge in [-0.05, 0) is 0 Å². The summed E-state index contributed by atoms with van der Waals surface area (Å²) in [5, 5.41) is -0.724. The molecule has 0 aliphatic heterocycles. The molecule has 42 valence electrons. The highest BCUT2D eigenvalue weighted by Gasteiger charge is 1.91. The fraction of sp³-hybridized carbons (Fsp3) is 0.500. The number of hydrogen-bond donors (Lipinski definition) is 0. The second-order valence-corrected chi connectivity index (χ2v) is 1.90. The van der Waals surface area contributed by atoms with Crippen LogP contribution < -0.4 is 0 Å². The molecule has 7 heavy (non-hydrogen) atoms. The fourth-order valence-electron chi connectivity index (χ4n) is 0.141. The Balaban J connectivity index is 2.81. The van der Waals surface area contributed by atoms with Gasteiger partial charge >= 0.3 is 0 Å². The normalized spacial score (nSPS) is 9.57. The molecule has 0 aliphatic carbocycles. The van der Waals surface area contributed by atoms with Crippen LogP contribution in [0.1, 0.15) is 0 Å². The quantitative estimate of drug-likeness (QED) is 0.431. The van der Waals surface area contributed by atoms with Crippen molar-refractivity contribution in [1.29, 1.82) is 0 Å². The van der Waals surface area contributed by atoms with Crippen LogP contribution in [-0.4, -0.2) is 11.6 Å². The van der Waals surface area contributed by atoms with Crippen LogP contribution in [-0.2, 0) is 4.74 Å². The number of halogens is 2. The highest BCUT2D eigenvalue weighted by Crippen LogP contribution is 2.01. The van der Waals surface area contributed by atoms with Crippen molar-refractivity contribution in [2.24, 2.45) is 0 Å². The molecule has 0 spiro atoms. The van der Waals surface area contributed by atoms with Crippen LogP contribution in [0.25, 0.3) is 0 Å². The lowest BCUT2D eigenvalue weighted by molar-refractivity contribution is 0.186. The van der Waals surface area contributed by atoms with Gasteiger partial charge in [-0.2, -0.15) is 0 Å². The fourth-order valence-corrected chi connectivity index (χ4v) is 0.286. The second kappa shape index (κ2) is 4.44. The van der Waals surface area contributed by atoms with E-state index in [0.29, 0.717) is 6.61 Å². The summed E-state index contributed by atoms with van der Waals surface area (Å²) in [5.41, 5.74) is 0. The van der Waals surface area contributed by atoms with Crippen molar-refractivity contribution in [2.45, 2.75) is 5.02 Å². The third kappa shape index (κ3) is 6.28. The van der Waals surface area contributed by atoms with Gasteiger partial charge in [0.2, 0.25) is 5.02 Å². The average Bonchev–Trinajstić information content (AvgIpc) is 1.61. The summed E-state index contributed by atoms with van der Waals surface area (Å²) in [7, 11) is 0. The molecule has 1 nitrogen and oxygen atoms in total. The van der Waals surface area contributed by atoms with E-state index in [9.17, 15) is 0 Å². The van der Waals surface area contributed by atoms with E-state index < -0.39 is 5.02 Å². The molecule has 0 bridgehead atoms. The van der Waals surface area contributed by atoms with Crippen molar-refractivity contribution in [2.75, 3.05) is 6.61 Å². The van der Waals surface area contributed by atoms with Gasteiger partial charge in [0.15, 0.2) is 0 Å². The lowest BCUT2D eigenvalue weighted by Gasteiger charge is -1.96. The number of alkyl halides is 2. The first-order chi connectivity index (χ1) is 3.27. The first-order valence-corrected chi connectivity index (χ1v) is 2.65. The minimum Gasteiger partial charge on any atom is -0.345 e. The maximum Gasteiger partial charge on any atom is 0.206 e. The zero-order valence-corrected chi connectivity index (χ0v) is 5.24. The summed E-state index contributed by atoms with van der Waals surface area (Å²) in [5.74, 6) is 0. The molecule has 0 atom stereocenters. The van der Waals surface area contributed by atoms with Gasteiger partial charge < -0.3 is 4.74 Å². The second-order valence-electron chi connectivity index (χ2n) is 0.883. The summed E-state index contributed by atoms with van der Waals surface area (Å²) in [4.78, 5) is 0. The van der Waals surface area contributed by atoms with Crippen LogP contribution in [0.3, 0.4) is 0 Å². The molecule has 3 heteroatoms. The van der Waals surface area contributed by atoms with E-state index in [1.165, 1.54) is 0 Å². The molecule has 0 amide bonds. The van der Waals surface area contributed by atoms with Crippen molar-refractivity contribution in [3.05, 3.63) is 12.7 Å². The lowest BCUT2D eigenvalue weighted by Crippen LogP contribution is -1.94. The van der Waals surface area contributed by atoms with Gasteiger partial charge in [-0.25, -0.2) is 0 Å². The Morgan fingerprint density at radius 3 is 2.43 bits per heavy atom. The Hall–Kier alpha value is 0.280. The summed E-state index contributed by atoms with van der Waals surface area (Å²) in [6.45, 7) is 3.79. The standard InChI is InChI=1S/C4H6Cl2O/c1-2-3-7-4(5)6/h2,4H,1,3H2. The first kappa shape index (κ1) is 7.28. The molecule has 0 fully saturated rings. The molecule has 0 aromatic rings. The molecule has 0 rings (SSSR count). The van der Waals surface area contributed by atoms with Crippen molar-refractivity contribution in [3.63, 3.8) is 0 Å². The van der Waals surface area contributed by atoms with E-state index in [0.717, 1.165) is 0 Å². The van der Waals surface area contributed by atoms with E-state index in [1.54, 1.807) is 6.08 Å². The molecule has 0 radical (unpaired) electrons. The smallest absolute Gasteiger partial charge is 0.206 e. The van der Waals surface area contributed by atoms with Crippen molar-refractivity contribution in [3.8, 4) is 0 Å². The summed E-state index contributed by atoms with van der Waals surface area (Å²) in [6.07, 6.45) is 1.58. The Bertz CT molecular complexity index is 53.7. The summed E-state index contributed by atoms with van der Waals surface area (Å²) in [6, 6.07) is 0. The van der Waals surface area contributed by atoms with Crippen LogP contribution in [0, 0.1) is 0 Å². The molecule has 0 saturated heterocycles. The molecule has 0 aromatic heterocycles. The minimum atomic E-state index is -0.724. The van der Waals surface area contributed by atoms with E-state index in [4.69, 9.17) is 23.2 Å². The Labute approximate surface area is 52.9 Å². The van der Waals surface area contributed by atoms with E-state index in [2.05, 4.69) is 11.3 Å². The SMILES string of the molecule is C=CCOC(Cl)Cl. The van der Waals surface area contributed by atoms with Gasteiger partial charge in [-0.1, -0.05) is 29.3 Å². The van der Waals surface area contributed by atoms with Gasteiger partial charge in [0.25, 0.3) is 0 Å². The van der Waals surface area contributed by atoms with Crippen LogP contribution in [0.5, 0.6) is 0 Å². The zero-order chi connectivity index (χ0) is 5.70. The predicted octanol–water partition coefficient (Wildman–Crippen LogP) is 1.95. The molecule has 0 aromatic carbocycles. The van der Waals surface area contributed by atoms with Crippen LogP contribution in [0.2, 0.25) is 0 Å². The van der Waals surface area contributed by atoms with Crippen LogP contribution in [0.4, 0.5) is 0 Å². The Morgan fingerprint density at radius 1 is 1.71 bits per heavy atom. The Morgan fingerprint density at radius 2 is 2.29 bits per heavy atom. The molecule has 0 heterocycles. The topological polar surface area (TPSA) is 9.23 Å². The Kier molecular flexibility index (Phi) is 4.62. The maximum absolute atomic E-state index is 5.15. The molecule has 0 saturated carbocycles. The summed E-state index contributed by atoms with van der Waals surface area (Å²) < 4.78 is 4.60. The lowest BCUT2D eigenvalue weighted by atomic mass is 10.7. The minimum absolute atomic E-state index is 0.400. The first-order valence-electron chi connectivity index (χ1n) is 1.78. The van der Waals surface area contributed by atoms with Gasteiger partial charge in [-0.15, -0.1) is 6.58 Å². The summed E-state index contributed by atoms with van der Waals surface area (Å²) >= 11 is 10.3. The van der Waals surface area contributed by atoms with Gasteiger partial charge in [0.05, 0.1) is 6.61 Å². The van der Waals surface area contributed by atoms with Crippen molar-refractivity contribution in [1.82, 2.24) is 0 Å². The maximum atomic E-state index is 5.15. The van der Waals surface area contributed by atoms with Gasteiger partial charge in [0.1, 0.15) is 0 Å². The molecular weight excluding hydrogens is 135 g/mol. The third-order valence-corrected chi connectivity index (χ3v) is 0.592. The van der Waals surface area contributed by atoms with Gasteiger partial charge in [0, 0.05) is 0 Å². The molecular formula is C4H6Cl2O. The highest BCUT2D eigenvalue weighted by atomic mass is 35.5. The third-order valence-electron chi connectivity index (χ3n) is 0.340. The van der Waals surface area contributed by atoms with Crippen molar-refractivity contribution < 1.29 is 4.74 Å². The number of rotatable bonds is 3. The average molecular weight is 141 g/mol. The monoisotopic (exact) mass is 140 g/mol. The highest BCUT2D eigenvalue weighted by molar-refractivity contribution is 6.43. The van der Waals surface area contributed by atoms with E-state index in [-0.39, 0.29) is 0 Å². The number of ether oxygens (including phenoxy) is 1. The number of hydrogen-bond acceptors (Lipinski definition) is 1. The van der Waals surface area contributed by atoms with Gasteiger partial charge in [-0.3, -0.25) is 0 Å². The van der Waals surface area contributed by atoms with Crippen molar-refractivity contribution >= 4 is 23.2 Å². The van der Waals surface area contributed by atoms with Crippen LogP contribution >= 0.6 is 23.2 Å². The van der Waals surface area contributed by atoms with E-state index >= 15 is 0 Å². The van der Waals surface area contributed by atoms with Crippen LogP contribution in [0.15, 0.2) is 12.7 Å². The predicted molar refractivity (Wildman–Crippen MR) is 31.6 cm³/mol. The molecule has 0 unspecified atom stereocenters. The molecule has 0 N–H and O–H groups in total. The molecule has 0 aliphatic rings.